The van der Waals surface area contributed by atoms with Gasteiger partial charge in [-0.3, -0.25) is 10.1 Å². The number of thioether (sulfide) groups is 1. The molecule has 7 nitrogen and oxygen atoms in total. The molecule has 9 heteroatoms. The zero-order valence-electron chi connectivity index (χ0n) is 13.3. The van der Waals surface area contributed by atoms with Crippen LogP contribution in [-0.4, -0.2) is 27.9 Å². The highest BCUT2D eigenvalue weighted by Crippen LogP contribution is 2.23. The molecule has 3 amide bonds. The van der Waals surface area contributed by atoms with Crippen molar-refractivity contribution in [3.05, 3.63) is 60.4 Å². The summed E-state index contributed by atoms with van der Waals surface area (Å²) in [5, 5.41) is 12.6. The standard InChI is InChI=1S/C17H13FN4O3S/c18-12-8-6-11(7-9-12)15-21-22-17(25-15)26-10-14(23)20-16(24)19-13-4-2-1-3-5-13/h1-9H,10H2,(H2,19,20,23,24). The fourth-order valence-electron chi connectivity index (χ4n) is 1.95. The fraction of sp³-hybridized carbons (Fsp3) is 0.0588. The zero-order valence-corrected chi connectivity index (χ0v) is 14.1. The lowest BCUT2D eigenvalue weighted by atomic mass is 10.2. The van der Waals surface area contributed by atoms with Crippen LogP contribution in [0.3, 0.4) is 0 Å². The normalized spacial score (nSPS) is 10.3. The number of urea groups is 1. The second-order valence-corrected chi connectivity index (χ2v) is 5.96. The summed E-state index contributed by atoms with van der Waals surface area (Å²) in [5.74, 6) is -0.735. The van der Waals surface area contributed by atoms with Gasteiger partial charge in [-0.25, -0.2) is 9.18 Å². The Hall–Kier alpha value is -3.20. The molecule has 3 aromatic rings. The van der Waals surface area contributed by atoms with Gasteiger partial charge >= 0.3 is 6.03 Å². The molecule has 0 unspecified atom stereocenters. The van der Waals surface area contributed by atoms with Crippen molar-refractivity contribution in [2.75, 3.05) is 11.1 Å². The first-order valence-corrected chi connectivity index (χ1v) is 8.47. The van der Waals surface area contributed by atoms with Crippen LogP contribution >= 0.6 is 11.8 Å². The topological polar surface area (TPSA) is 97.1 Å². The van der Waals surface area contributed by atoms with Crippen molar-refractivity contribution < 1.29 is 18.4 Å². The summed E-state index contributed by atoms with van der Waals surface area (Å²) in [7, 11) is 0. The lowest BCUT2D eigenvalue weighted by molar-refractivity contribution is -0.117. The summed E-state index contributed by atoms with van der Waals surface area (Å²) in [6.07, 6.45) is 0. The van der Waals surface area contributed by atoms with Gasteiger partial charge in [0.15, 0.2) is 0 Å². The van der Waals surface area contributed by atoms with Crippen molar-refractivity contribution in [2.24, 2.45) is 0 Å². The van der Waals surface area contributed by atoms with Gasteiger partial charge in [0.1, 0.15) is 5.82 Å². The number of hydrogen-bond donors (Lipinski definition) is 2. The zero-order chi connectivity index (χ0) is 18.4. The van der Waals surface area contributed by atoms with Crippen LogP contribution in [0.25, 0.3) is 11.5 Å². The number of amides is 3. The maximum Gasteiger partial charge on any atom is 0.325 e. The number of anilines is 1. The molecule has 0 spiro atoms. The first kappa shape index (κ1) is 17.6. The number of rotatable bonds is 5. The number of carbonyl (C=O) groups excluding carboxylic acids is 2. The van der Waals surface area contributed by atoms with E-state index < -0.39 is 11.9 Å². The van der Waals surface area contributed by atoms with E-state index >= 15 is 0 Å². The Morgan fingerprint density at radius 2 is 1.77 bits per heavy atom. The van der Waals surface area contributed by atoms with Crippen LogP contribution in [0.2, 0.25) is 0 Å². The third kappa shape index (κ3) is 4.90. The number of hydrogen-bond acceptors (Lipinski definition) is 6. The second kappa shape index (κ2) is 8.26. The van der Waals surface area contributed by atoms with Gasteiger partial charge in [-0.1, -0.05) is 30.0 Å². The third-order valence-corrected chi connectivity index (χ3v) is 3.93. The van der Waals surface area contributed by atoms with E-state index in [2.05, 4.69) is 20.8 Å². The minimum absolute atomic E-state index is 0.0761. The lowest BCUT2D eigenvalue weighted by Gasteiger charge is -2.05. The molecule has 0 aliphatic heterocycles. The van der Waals surface area contributed by atoms with Crippen molar-refractivity contribution in [3.63, 3.8) is 0 Å². The number of imide groups is 1. The van der Waals surface area contributed by atoms with E-state index in [-0.39, 0.29) is 22.7 Å². The minimum Gasteiger partial charge on any atom is -0.411 e. The van der Waals surface area contributed by atoms with Crippen LogP contribution in [0.4, 0.5) is 14.9 Å². The number of halogens is 1. The summed E-state index contributed by atoms with van der Waals surface area (Å²) < 4.78 is 18.3. The highest BCUT2D eigenvalue weighted by atomic mass is 32.2. The monoisotopic (exact) mass is 372 g/mol. The van der Waals surface area contributed by atoms with Gasteiger partial charge in [0, 0.05) is 11.3 Å². The Balaban J connectivity index is 1.49. The number of para-hydroxylation sites is 1. The minimum atomic E-state index is -0.626. The van der Waals surface area contributed by atoms with Crippen LogP contribution in [0, 0.1) is 5.82 Å². The highest BCUT2D eigenvalue weighted by Gasteiger charge is 2.13. The van der Waals surface area contributed by atoms with E-state index in [4.69, 9.17) is 4.42 Å². The quantitative estimate of drug-likeness (QED) is 0.667. The highest BCUT2D eigenvalue weighted by molar-refractivity contribution is 7.99. The number of benzene rings is 2. The molecule has 2 N–H and O–H groups in total. The van der Waals surface area contributed by atoms with Gasteiger partial charge in [0.25, 0.3) is 5.22 Å². The van der Waals surface area contributed by atoms with Crippen molar-refractivity contribution in [1.29, 1.82) is 0 Å². The summed E-state index contributed by atoms with van der Waals surface area (Å²) >= 11 is 0.989. The van der Waals surface area contributed by atoms with E-state index in [0.717, 1.165) is 11.8 Å². The van der Waals surface area contributed by atoms with Crippen molar-refractivity contribution in [2.45, 2.75) is 5.22 Å². The number of nitrogens with one attached hydrogen (secondary N) is 2. The average Bonchev–Trinajstić information content (AvgIpc) is 3.10. The summed E-state index contributed by atoms with van der Waals surface area (Å²) in [5.41, 5.74) is 1.14. The largest absolute Gasteiger partial charge is 0.411 e. The summed E-state index contributed by atoms with van der Waals surface area (Å²) in [6, 6.07) is 13.7. The molecule has 132 valence electrons. The molecular weight excluding hydrogens is 359 g/mol. The van der Waals surface area contributed by atoms with E-state index in [1.807, 2.05) is 6.07 Å². The Morgan fingerprint density at radius 1 is 1.04 bits per heavy atom. The van der Waals surface area contributed by atoms with E-state index in [1.54, 1.807) is 24.3 Å². The average molecular weight is 372 g/mol. The van der Waals surface area contributed by atoms with Gasteiger partial charge < -0.3 is 9.73 Å². The Morgan fingerprint density at radius 3 is 2.50 bits per heavy atom. The third-order valence-electron chi connectivity index (χ3n) is 3.11. The molecule has 2 aromatic carbocycles. The maximum atomic E-state index is 12.9. The maximum absolute atomic E-state index is 12.9. The number of nitrogens with zero attached hydrogens (tertiary/aromatic N) is 2. The van der Waals surface area contributed by atoms with Crippen LogP contribution < -0.4 is 10.6 Å². The number of carbonyl (C=O) groups is 2. The van der Waals surface area contributed by atoms with Crippen LogP contribution in [0.5, 0.6) is 0 Å². The SMILES string of the molecule is O=C(CSc1nnc(-c2ccc(F)cc2)o1)NC(=O)Nc1ccccc1. The van der Waals surface area contributed by atoms with E-state index in [9.17, 15) is 14.0 Å². The smallest absolute Gasteiger partial charge is 0.325 e. The Bertz CT molecular complexity index is 900. The molecule has 0 bridgehead atoms. The van der Waals surface area contributed by atoms with Gasteiger partial charge in [-0.15, -0.1) is 10.2 Å². The molecule has 0 radical (unpaired) electrons. The van der Waals surface area contributed by atoms with Gasteiger partial charge in [-0.2, -0.15) is 0 Å². The molecule has 0 atom stereocenters. The molecule has 0 aliphatic carbocycles. The van der Waals surface area contributed by atoms with Crippen LogP contribution in [-0.2, 0) is 4.79 Å². The van der Waals surface area contributed by atoms with Crippen LogP contribution in [0.1, 0.15) is 0 Å². The van der Waals surface area contributed by atoms with Gasteiger partial charge in [0.2, 0.25) is 11.8 Å². The molecule has 0 saturated heterocycles. The predicted octanol–water partition coefficient (Wildman–Crippen LogP) is 3.32. The molecule has 1 aromatic heterocycles. The predicted molar refractivity (Wildman–Crippen MR) is 94.0 cm³/mol. The Labute approximate surface area is 152 Å². The first-order chi connectivity index (χ1) is 12.6. The molecule has 0 aliphatic rings. The second-order valence-electron chi connectivity index (χ2n) is 5.04. The van der Waals surface area contributed by atoms with Crippen molar-refractivity contribution in [3.8, 4) is 11.5 Å². The molecule has 0 saturated carbocycles. The number of aromatic nitrogens is 2. The molecule has 26 heavy (non-hydrogen) atoms. The summed E-state index contributed by atoms with van der Waals surface area (Å²) in [6.45, 7) is 0. The molecule has 1 heterocycles. The van der Waals surface area contributed by atoms with Crippen molar-refractivity contribution in [1.82, 2.24) is 15.5 Å². The Kier molecular flexibility index (Phi) is 5.59. The van der Waals surface area contributed by atoms with E-state index in [0.29, 0.717) is 11.3 Å². The fourth-order valence-corrected chi connectivity index (χ4v) is 2.51. The lowest BCUT2D eigenvalue weighted by Crippen LogP contribution is -2.35. The summed E-state index contributed by atoms with van der Waals surface area (Å²) in [4.78, 5) is 23.5. The van der Waals surface area contributed by atoms with Crippen molar-refractivity contribution >= 4 is 29.4 Å². The van der Waals surface area contributed by atoms with Gasteiger partial charge in [-0.05, 0) is 36.4 Å². The molecule has 0 fully saturated rings. The van der Waals surface area contributed by atoms with Crippen LogP contribution in [0.15, 0.2) is 64.2 Å². The van der Waals surface area contributed by atoms with Gasteiger partial charge in [0.05, 0.1) is 5.75 Å². The van der Waals surface area contributed by atoms with E-state index in [1.165, 1.54) is 24.3 Å². The first-order valence-electron chi connectivity index (χ1n) is 7.48. The molecular formula is C17H13FN4O3S. The molecule has 3 rings (SSSR count).